The lowest BCUT2D eigenvalue weighted by molar-refractivity contribution is -0.145. The number of ether oxygens (including phenoxy) is 2. The molecule has 8 nitrogen and oxygen atoms in total. The van der Waals surface area contributed by atoms with Crippen molar-refractivity contribution in [3.05, 3.63) is 78.0 Å². The van der Waals surface area contributed by atoms with Crippen molar-refractivity contribution >= 4 is 28.9 Å². The lowest BCUT2D eigenvalue weighted by Gasteiger charge is -2.24. The van der Waals surface area contributed by atoms with Gasteiger partial charge >= 0.3 is 12.1 Å². The minimum atomic E-state index is -0.963. The molecule has 0 radical (unpaired) electrons. The van der Waals surface area contributed by atoms with Crippen LogP contribution in [0.5, 0.6) is 0 Å². The number of amides is 2. The summed E-state index contributed by atoms with van der Waals surface area (Å²) in [4.78, 5) is 42.3. The zero-order chi connectivity index (χ0) is 24.5. The Balaban J connectivity index is 1.66. The molecular weight excluding hydrogens is 434 g/mol. The zero-order valence-corrected chi connectivity index (χ0v) is 19.5. The van der Waals surface area contributed by atoms with Crippen molar-refractivity contribution in [2.75, 3.05) is 7.11 Å². The van der Waals surface area contributed by atoms with Gasteiger partial charge in [0.1, 0.15) is 18.7 Å². The van der Waals surface area contributed by atoms with Crippen LogP contribution >= 0.6 is 0 Å². The van der Waals surface area contributed by atoms with E-state index >= 15 is 0 Å². The van der Waals surface area contributed by atoms with Crippen LogP contribution in [-0.2, 0) is 32.1 Å². The van der Waals surface area contributed by atoms with E-state index in [2.05, 4.69) is 15.6 Å². The molecule has 2 atom stereocenters. The van der Waals surface area contributed by atoms with Crippen LogP contribution in [-0.4, -0.2) is 42.1 Å². The predicted octanol–water partition coefficient (Wildman–Crippen LogP) is 3.39. The van der Waals surface area contributed by atoms with Gasteiger partial charge in [0.25, 0.3) is 0 Å². The molecule has 0 saturated heterocycles. The Morgan fingerprint density at radius 2 is 1.62 bits per heavy atom. The highest BCUT2D eigenvalue weighted by molar-refractivity contribution is 5.90. The number of nitrogens with zero attached hydrogens (tertiary/aromatic N) is 1. The number of hydrogen-bond acceptors (Lipinski definition) is 6. The minimum Gasteiger partial charge on any atom is -0.467 e. The fraction of sp³-hybridized carbons (Fsp3) is 0.308. The molecule has 2 N–H and O–H groups in total. The summed E-state index contributed by atoms with van der Waals surface area (Å²) >= 11 is 0. The first-order valence-corrected chi connectivity index (χ1v) is 11.1. The number of aromatic nitrogens is 1. The molecule has 0 aliphatic heterocycles. The molecule has 2 aromatic carbocycles. The first-order chi connectivity index (χ1) is 16.4. The Morgan fingerprint density at radius 3 is 2.32 bits per heavy atom. The van der Waals surface area contributed by atoms with Gasteiger partial charge in [-0.1, -0.05) is 68.4 Å². The van der Waals surface area contributed by atoms with Crippen LogP contribution in [0.3, 0.4) is 0 Å². The standard InChI is InChI=1S/C26H29N3O5/c1-17(2)23(29-26(32)34-16-18-9-5-4-6-10-18)24(30)28-22(25(31)33-3)15-20-14-13-19-11-7-8-12-21(19)27-20/h4-14,17,22-23H,15-16H2,1-3H3,(H,28,30)(H,29,32)/t22-,23-/m0/s1. The molecule has 2 amide bonds. The highest BCUT2D eigenvalue weighted by Gasteiger charge is 2.30. The predicted molar refractivity (Wildman–Crippen MR) is 128 cm³/mol. The van der Waals surface area contributed by atoms with Gasteiger partial charge in [0, 0.05) is 17.5 Å². The second kappa shape index (κ2) is 11.8. The summed E-state index contributed by atoms with van der Waals surface area (Å²) in [7, 11) is 1.26. The Morgan fingerprint density at radius 1 is 0.912 bits per heavy atom. The van der Waals surface area contributed by atoms with E-state index in [9.17, 15) is 14.4 Å². The van der Waals surface area contributed by atoms with E-state index in [0.717, 1.165) is 16.5 Å². The Labute approximate surface area is 198 Å². The average Bonchev–Trinajstić information content (AvgIpc) is 2.85. The van der Waals surface area contributed by atoms with Gasteiger partial charge in [-0.15, -0.1) is 0 Å². The van der Waals surface area contributed by atoms with E-state index in [1.54, 1.807) is 13.8 Å². The lowest BCUT2D eigenvalue weighted by atomic mass is 10.0. The molecule has 0 saturated carbocycles. The van der Waals surface area contributed by atoms with Crippen molar-refractivity contribution in [2.45, 2.75) is 39.0 Å². The summed E-state index contributed by atoms with van der Waals surface area (Å²) in [5.41, 5.74) is 2.25. The molecule has 0 aliphatic rings. The van der Waals surface area contributed by atoms with Gasteiger partial charge in [-0.2, -0.15) is 0 Å². The SMILES string of the molecule is COC(=O)[C@H](Cc1ccc2ccccc2n1)NC(=O)[C@@H](NC(=O)OCc1ccccc1)C(C)C. The van der Waals surface area contributed by atoms with Crippen molar-refractivity contribution < 1.29 is 23.9 Å². The molecule has 1 heterocycles. The van der Waals surface area contributed by atoms with Crippen molar-refractivity contribution in [2.24, 2.45) is 5.92 Å². The van der Waals surface area contributed by atoms with Crippen LogP contribution in [0.4, 0.5) is 4.79 Å². The first kappa shape index (κ1) is 24.7. The van der Waals surface area contributed by atoms with Gasteiger partial charge < -0.3 is 20.1 Å². The number of nitrogens with one attached hydrogen (secondary N) is 2. The Bertz CT molecular complexity index is 1130. The van der Waals surface area contributed by atoms with Gasteiger partial charge in [0.05, 0.1) is 12.6 Å². The molecule has 3 aromatic rings. The smallest absolute Gasteiger partial charge is 0.408 e. The summed E-state index contributed by atoms with van der Waals surface area (Å²) in [5.74, 6) is -1.36. The second-order valence-corrected chi connectivity index (χ2v) is 8.21. The van der Waals surface area contributed by atoms with Gasteiger partial charge in [-0.25, -0.2) is 9.59 Å². The largest absolute Gasteiger partial charge is 0.467 e. The third-order valence-corrected chi connectivity index (χ3v) is 5.31. The molecule has 178 valence electrons. The molecule has 0 fully saturated rings. The van der Waals surface area contributed by atoms with E-state index < -0.39 is 30.1 Å². The molecule has 34 heavy (non-hydrogen) atoms. The monoisotopic (exact) mass is 463 g/mol. The summed E-state index contributed by atoms with van der Waals surface area (Å²) < 4.78 is 10.1. The highest BCUT2D eigenvalue weighted by atomic mass is 16.5. The molecule has 0 aliphatic carbocycles. The van der Waals surface area contributed by atoms with Gasteiger partial charge in [0.15, 0.2) is 0 Å². The van der Waals surface area contributed by atoms with Crippen molar-refractivity contribution in [3.63, 3.8) is 0 Å². The number of alkyl carbamates (subject to hydrolysis) is 1. The summed E-state index contributed by atoms with van der Waals surface area (Å²) in [6.45, 7) is 3.66. The van der Waals surface area contributed by atoms with Gasteiger partial charge in [-0.3, -0.25) is 9.78 Å². The maximum atomic E-state index is 13.0. The van der Waals surface area contributed by atoms with Crippen LogP contribution < -0.4 is 10.6 Å². The summed E-state index contributed by atoms with van der Waals surface area (Å²) in [6, 6.07) is 18.7. The number of carbonyl (C=O) groups is 3. The van der Waals surface area contributed by atoms with E-state index in [1.165, 1.54) is 7.11 Å². The highest BCUT2D eigenvalue weighted by Crippen LogP contribution is 2.14. The van der Waals surface area contributed by atoms with E-state index in [4.69, 9.17) is 9.47 Å². The third kappa shape index (κ3) is 6.78. The number of rotatable bonds is 9. The van der Waals surface area contributed by atoms with Crippen molar-refractivity contribution in [1.82, 2.24) is 15.6 Å². The van der Waals surface area contributed by atoms with Crippen LogP contribution in [0.2, 0.25) is 0 Å². The zero-order valence-electron chi connectivity index (χ0n) is 19.5. The van der Waals surface area contributed by atoms with Crippen molar-refractivity contribution in [1.29, 1.82) is 0 Å². The topological polar surface area (TPSA) is 107 Å². The molecular formula is C26H29N3O5. The van der Waals surface area contributed by atoms with Crippen molar-refractivity contribution in [3.8, 4) is 0 Å². The number of pyridine rings is 1. The summed E-state index contributed by atoms with van der Waals surface area (Å²) in [6.07, 6.45) is -0.574. The number of carbonyl (C=O) groups excluding carboxylic acids is 3. The molecule has 0 unspecified atom stereocenters. The van der Waals surface area contributed by atoms with Gasteiger partial charge in [0.2, 0.25) is 5.91 Å². The number of esters is 1. The Kier molecular flexibility index (Phi) is 8.56. The second-order valence-electron chi connectivity index (χ2n) is 8.21. The van der Waals surface area contributed by atoms with Crippen LogP contribution in [0, 0.1) is 5.92 Å². The van der Waals surface area contributed by atoms with Crippen LogP contribution in [0.25, 0.3) is 10.9 Å². The number of fused-ring (bicyclic) bond motifs is 1. The average molecular weight is 464 g/mol. The quantitative estimate of drug-likeness (QED) is 0.471. The molecule has 0 bridgehead atoms. The number of benzene rings is 2. The number of hydrogen-bond donors (Lipinski definition) is 2. The third-order valence-electron chi connectivity index (χ3n) is 5.31. The van der Waals surface area contributed by atoms with E-state index in [1.807, 2.05) is 66.7 Å². The van der Waals surface area contributed by atoms with Gasteiger partial charge in [-0.05, 0) is 23.6 Å². The van der Waals surface area contributed by atoms with E-state index in [0.29, 0.717) is 5.69 Å². The Hall–Kier alpha value is -3.94. The summed E-state index contributed by atoms with van der Waals surface area (Å²) in [5, 5.41) is 6.27. The van der Waals surface area contributed by atoms with Crippen LogP contribution in [0.15, 0.2) is 66.7 Å². The maximum Gasteiger partial charge on any atom is 0.408 e. The number of para-hydroxylation sites is 1. The molecule has 1 aromatic heterocycles. The normalized spacial score (nSPS) is 12.6. The molecule has 3 rings (SSSR count). The number of methoxy groups -OCH3 is 1. The maximum absolute atomic E-state index is 13.0. The van der Waals surface area contributed by atoms with E-state index in [-0.39, 0.29) is 18.9 Å². The molecule has 0 spiro atoms. The fourth-order valence-electron chi connectivity index (χ4n) is 3.45. The van der Waals surface area contributed by atoms with Crippen LogP contribution in [0.1, 0.15) is 25.1 Å². The fourth-order valence-corrected chi connectivity index (χ4v) is 3.45. The lowest BCUT2D eigenvalue weighted by Crippen LogP contribution is -2.54. The first-order valence-electron chi connectivity index (χ1n) is 11.1. The minimum absolute atomic E-state index is 0.0809. The molecule has 8 heteroatoms.